The molecule has 0 atom stereocenters. The molecule has 0 fully saturated rings. The fourth-order valence-corrected chi connectivity index (χ4v) is 1.00. The van der Waals surface area contributed by atoms with Crippen LogP contribution in [0.5, 0.6) is 0 Å². The summed E-state index contributed by atoms with van der Waals surface area (Å²) in [5.74, 6) is -0.625. The number of hydrogen-bond donors (Lipinski definition) is 2. The lowest BCUT2D eigenvalue weighted by molar-refractivity contribution is -0.118. The summed E-state index contributed by atoms with van der Waals surface area (Å²) < 4.78 is 4.56. The van der Waals surface area contributed by atoms with Gasteiger partial charge in [-0.25, -0.2) is 4.79 Å². The Bertz CT molecular complexity index is 377. The summed E-state index contributed by atoms with van der Waals surface area (Å²) in [6.45, 7) is 1.39. The summed E-state index contributed by atoms with van der Waals surface area (Å²) in [7, 11) is 1.32. The summed E-state index contributed by atoms with van der Waals surface area (Å²) >= 11 is 0. The predicted molar refractivity (Wildman–Crippen MR) is 55.2 cm³/mol. The van der Waals surface area contributed by atoms with Crippen LogP contribution < -0.4 is 10.9 Å². The van der Waals surface area contributed by atoms with Gasteiger partial charge in [-0.2, -0.15) is 0 Å². The van der Waals surface area contributed by atoms with Crippen molar-refractivity contribution < 1.29 is 14.3 Å². The number of benzene rings is 1. The van der Waals surface area contributed by atoms with Gasteiger partial charge in [-0.1, -0.05) is 6.07 Å². The highest BCUT2D eigenvalue weighted by Crippen LogP contribution is 2.10. The molecule has 0 aliphatic rings. The maximum atomic E-state index is 11.2. The Balaban J connectivity index is 2.74. The highest BCUT2D eigenvalue weighted by Gasteiger charge is 2.05. The van der Waals surface area contributed by atoms with Crippen LogP contribution in [0.2, 0.25) is 0 Å². The Morgan fingerprint density at radius 3 is 2.67 bits per heavy atom. The first kappa shape index (κ1) is 11.0. The molecule has 5 heteroatoms. The third-order valence-electron chi connectivity index (χ3n) is 1.67. The molecule has 2 N–H and O–H groups in total. The van der Waals surface area contributed by atoms with Crippen LogP contribution in [-0.4, -0.2) is 19.0 Å². The average Bonchev–Trinajstić information content (AvgIpc) is 2.25. The zero-order chi connectivity index (χ0) is 11.3. The molecule has 1 aromatic rings. The van der Waals surface area contributed by atoms with Crippen LogP contribution in [0.25, 0.3) is 0 Å². The van der Waals surface area contributed by atoms with E-state index in [1.54, 1.807) is 24.3 Å². The second-order valence-corrected chi connectivity index (χ2v) is 2.88. The third kappa shape index (κ3) is 3.30. The van der Waals surface area contributed by atoms with E-state index in [9.17, 15) is 9.59 Å². The number of nitrogens with one attached hydrogen (secondary N) is 2. The molecule has 15 heavy (non-hydrogen) atoms. The van der Waals surface area contributed by atoms with E-state index in [1.165, 1.54) is 14.0 Å². The number of methoxy groups -OCH3 is 1. The molecule has 5 nitrogen and oxygen atoms in total. The minimum atomic E-state index is -0.415. The number of esters is 1. The van der Waals surface area contributed by atoms with Crippen molar-refractivity contribution in [1.82, 2.24) is 5.43 Å². The molecule has 0 unspecified atom stereocenters. The van der Waals surface area contributed by atoms with Crippen LogP contribution in [-0.2, 0) is 9.53 Å². The van der Waals surface area contributed by atoms with Gasteiger partial charge in [0.15, 0.2) is 0 Å². The second kappa shape index (κ2) is 4.99. The monoisotopic (exact) mass is 208 g/mol. The molecule has 0 saturated carbocycles. The predicted octanol–water partition coefficient (Wildman–Crippen LogP) is 0.936. The zero-order valence-corrected chi connectivity index (χ0v) is 8.53. The van der Waals surface area contributed by atoms with Crippen LogP contribution in [0.3, 0.4) is 0 Å². The first-order chi connectivity index (χ1) is 7.13. The van der Waals surface area contributed by atoms with Crippen LogP contribution in [0.4, 0.5) is 5.69 Å². The molecule has 0 bridgehead atoms. The van der Waals surface area contributed by atoms with Crippen LogP contribution in [0, 0.1) is 0 Å². The molecule has 0 heterocycles. The van der Waals surface area contributed by atoms with Gasteiger partial charge >= 0.3 is 5.97 Å². The lowest BCUT2D eigenvalue weighted by Crippen LogP contribution is -2.26. The number of rotatable bonds is 3. The fourth-order valence-electron chi connectivity index (χ4n) is 1.00. The highest BCUT2D eigenvalue weighted by atomic mass is 16.5. The molecule has 1 aromatic carbocycles. The molecule has 1 rings (SSSR count). The van der Waals surface area contributed by atoms with Crippen LogP contribution in [0.1, 0.15) is 17.3 Å². The number of hydrogen-bond acceptors (Lipinski definition) is 4. The molecule has 0 spiro atoms. The normalized spacial score (nSPS) is 9.20. The van der Waals surface area contributed by atoms with E-state index in [-0.39, 0.29) is 5.91 Å². The van der Waals surface area contributed by atoms with Crippen molar-refractivity contribution in [2.24, 2.45) is 0 Å². The van der Waals surface area contributed by atoms with E-state index in [4.69, 9.17) is 0 Å². The lowest BCUT2D eigenvalue weighted by Gasteiger charge is -2.07. The number of ether oxygens (including phenoxy) is 1. The molecule has 0 aromatic heterocycles. The van der Waals surface area contributed by atoms with E-state index < -0.39 is 5.97 Å². The first-order valence-electron chi connectivity index (χ1n) is 4.34. The number of amides is 1. The largest absolute Gasteiger partial charge is 0.465 e. The minimum Gasteiger partial charge on any atom is -0.465 e. The summed E-state index contributed by atoms with van der Waals surface area (Å²) in [5.41, 5.74) is 6.10. The second-order valence-electron chi connectivity index (χ2n) is 2.88. The Kier molecular flexibility index (Phi) is 3.68. The Hall–Kier alpha value is -2.04. The number of carbonyl (C=O) groups is 2. The summed E-state index contributed by atoms with van der Waals surface area (Å²) in [6.07, 6.45) is 0. The number of hydrazine groups is 1. The van der Waals surface area contributed by atoms with E-state index in [1.807, 2.05) is 0 Å². The molecule has 0 saturated heterocycles. The maximum absolute atomic E-state index is 11.2. The zero-order valence-electron chi connectivity index (χ0n) is 8.53. The van der Waals surface area contributed by atoms with E-state index in [0.29, 0.717) is 11.3 Å². The smallest absolute Gasteiger partial charge is 0.337 e. The molecule has 80 valence electrons. The van der Waals surface area contributed by atoms with Gasteiger partial charge in [-0.05, 0) is 18.2 Å². The van der Waals surface area contributed by atoms with Crippen LogP contribution in [0.15, 0.2) is 24.3 Å². The van der Waals surface area contributed by atoms with Gasteiger partial charge in [0, 0.05) is 6.92 Å². The molecule has 1 amide bonds. The van der Waals surface area contributed by atoms with Gasteiger partial charge in [0.25, 0.3) is 0 Å². The highest BCUT2D eigenvalue weighted by molar-refractivity contribution is 5.90. The summed E-state index contributed by atoms with van der Waals surface area (Å²) in [4.78, 5) is 21.8. The quantitative estimate of drug-likeness (QED) is 0.573. The lowest BCUT2D eigenvalue weighted by atomic mass is 10.2. The van der Waals surface area contributed by atoms with E-state index in [0.717, 1.165) is 0 Å². The Labute approximate surface area is 87.4 Å². The third-order valence-corrected chi connectivity index (χ3v) is 1.67. The van der Waals surface area contributed by atoms with E-state index in [2.05, 4.69) is 15.6 Å². The molecule has 0 aliphatic carbocycles. The van der Waals surface area contributed by atoms with Crippen molar-refractivity contribution in [2.75, 3.05) is 12.5 Å². The summed E-state index contributed by atoms with van der Waals surface area (Å²) in [5, 5.41) is 0. The van der Waals surface area contributed by atoms with Gasteiger partial charge in [0.05, 0.1) is 18.4 Å². The van der Waals surface area contributed by atoms with Crippen molar-refractivity contribution in [3.63, 3.8) is 0 Å². The number of anilines is 1. The molecular formula is C10H12N2O3. The van der Waals surface area contributed by atoms with Crippen molar-refractivity contribution in [3.8, 4) is 0 Å². The topological polar surface area (TPSA) is 67.4 Å². The SMILES string of the molecule is COC(=O)c1cccc(NNC(C)=O)c1. The van der Waals surface area contributed by atoms with E-state index >= 15 is 0 Å². The Morgan fingerprint density at radius 1 is 1.33 bits per heavy atom. The van der Waals surface area contributed by atoms with Gasteiger partial charge in [-0.15, -0.1) is 0 Å². The van der Waals surface area contributed by atoms with Crippen LogP contribution >= 0.6 is 0 Å². The Morgan fingerprint density at radius 2 is 2.07 bits per heavy atom. The average molecular weight is 208 g/mol. The molecular weight excluding hydrogens is 196 g/mol. The van der Waals surface area contributed by atoms with Crippen molar-refractivity contribution in [3.05, 3.63) is 29.8 Å². The minimum absolute atomic E-state index is 0.210. The van der Waals surface area contributed by atoms with Gasteiger partial charge in [0.1, 0.15) is 0 Å². The van der Waals surface area contributed by atoms with Crippen molar-refractivity contribution in [2.45, 2.75) is 6.92 Å². The maximum Gasteiger partial charge on any atom is 0.337 e. The van der Waals surface area contributed by atoms with Crippen molar-refractivity contribution >= 4 is 17.6 Å². The van der Waals surface area contributed by atoms with Crippen molar-refractivity contribution in [1.29, 1.82) is 0 Å². The van der Waals surface area contributed by atoms with Gasteiger partial charge in [0.2, 0.25) is 5.91 Å². The number of carbonyl (C=O) groups excluding carboxylic acids is 2. The van der Waals surface area contributed by atoms with Gasteiger partial charge in [-0.3, -0.25) is 15.6 Å². The standard InChI is InChI=1S/C10H12N2O3/c1-7(13)11-12-9-5-3-4-8(6-9)10(14)15-2/h3-6,12H,1-2H3,(H,11,13). The summed E-state index contributed by atoms with van der Waals surface area (Å²) in [6, 6.07) is 6.63. The van der Waals surface area contributed by atoms with Gasteiger partial charge < -0.3 is 4.74 Å². The molecule has 0 aliphatic heterocycles. The molecule has 0 radical (unpaired) electrons. The fraction of sp³-hybridized carbons (Fsp3) is 0.200. The first-order valence-corrected chi connectivity index (χ1v) is 4.34.